The Morgan fingerprint density at radius 3 is 1.89 bits per heavy atom. The molecule has 0 aliphatic heterocycles. The fourth-order valence-electron chi connectivity index (χ4n) is 9.12. The molecule has 0 bridgehead atoms. The molecule has 3 heterocycles. The van der Waals surface area contributed by atoms with Crippen LogP contribution in [-0.4, -0.2) is 0 Å². The fourth-order valence-corrected chi connectivity index (χ4v) is 10.3. The number of hydrogen-bond acceptors (Lipinski definition) is 4. The Labute approximate surface area is 321 Å². The highest BCUT2D eigenvalue weighted by molar-refractivity contribution is 7.25. The number of benzene rings is 8. The van der Waals surface area contributed by atoms with E-state index in [2.05, 4.69) is 176 Å². The third kappa shape index (κ3) is 4.49. The molecule has 0 amide bonds. The van der Waals surface area contributed by atoms with Gasteiger partial charge in [-0.05, 0) is 100 Å². The number of furan rings is 2. The van der Waals surface area contributed by atoms with Crippen molar-refractivity contribution in [1.82, 2.24) is 0 Å². The molecule has 0 unspecified atom stereocenters. The van der Waals surface area contributed by atoms with Crippen molar-refractivity contribution in [3.05, 3.63) is 175 Å². The van der Waals surface area contributed by atoms with Gasteiger partial charge in [0, 0.05) is 70.3 Å². The van der Waals surface area contributed by atoms with Crippen molar-refractivity contribution in [2.75, 3.05) is 4.90 Å². The van der Waals surface area contributed by atoms with E-state index < -0.39 is 0 Å². The van der Waals surface area contributed by atoms with Crippen molar-refractivity contribution in [1.29, 1.82) is 0 Å². The van der Waals surface area contributed by atoms with Crippen molar-refractivity contribution in [3.63, 3.8) is 0 Å². The smallest absolute Gasteiger partial charge is 0.137 e. The summed E-state index contributed by atoms with van der Waals surface area (Å²) >= 11 is 1.85. The van der Waals surface area contributed by atoms with Crippen LogP contribution in [0.4, 0.5) is 17.1 Å². The van der Waals surface area contributed by atoms with Crippen LogP contribution < -0.4 is 4.90 Å². The molecular formula is C51H33NO2S. The second kappa shape index (κ2) is 11.2. The lowest BCUT2D eigenvalue weighted by Gasteiger charge is -2.28. The molecule has 3 aromatic heterocycles. The quantitative estimate of drug-likeness (QED) is 0.181. The first-order valence-corrected chi connectivity index (χ1v) is 19.6. The van der Waals surface area contributed by atoms with Gasteiger partial charge in [-0.1, -0.05) is 105 Å². The summed E-state index contributed by atoms with van der Waals surface area (Å²) in [6.45, 7) is 4.69. The summed E-state index contributed by atoms with van der Waals surface area (Å²) in [6, 6.07) is 59.3. The van der Waals surface area contributed by atoms with E-state index in [0.717, 1.165) is 66.5 Å². The number of nitrogens with zero attached hydrogens (tertiary/aromatic N) is 1. The van der Waals surface area contributed by atoms with Gasteiger partial charge in [0.25, 0.3) is 0 Å². The Morgan fingerprint density at radius 2 is 1.02 bits per heavy atom. The van der Waals surface area contributed by atoms with Gasteiger partial charge < -0.3 is 13.7 Å². The molecular weight excluding hydrogens is 691 g/mol. The van der Waals surface area contributed by atoms with Crippen LogP contribution in [-0.2, 0) is 5.41 Å². The summed E-state index contributed by atoms with van der Waals surface area (Å²) < 4.78 is 15.8. The first-order valence-electron chi connectivity index (χ1n) is 18.8. The van der Waals surface area contributed by atoms with Gasteiger partial charge in [0.1, 0.15) is 22.3 Å². The molecule has 260 valence electrons. The van der Waals surface area contributed by atoms with E-state index in [1.165, 1.54) is 48.0 Å². The Balaban J connectivity index is 1.03. The molecule has 12 rings (SSSR count). The van der Waals surface area contributed by atoms with Crippen LogP contribution in [0.5, 0.6) is 0 Å². The topological polar surface area (TPSA) is 29.5 Å². The summed E-state index contributed by atoms with van der Waals surface area (Å²) in [5, 5.41) is 6.85. The molecule has 0 saturated heterocycles. The lowest BCUT2D eigenvalue weighted by atomic mass is 9.82. The third-order valence-electron chi connectivity index (χ3n) is 11.9. The van der Waals surface area contributed by atoms with Gasteiger partial charge in [-0.25, -0.2) is 0 Å². The maximum atomic E-state index is 6.75. The first-order chi connectivity index (χ1) is 27.0. The maximum absolute atomic E-state index is 6.75. The molecule has 11 aromatic rings. The second-order valence-corrected chi connectivity index (χ2v) is 16.4. The lowest BCUT2D eigenvalue weighted by Crippen LogP contribution is -2.16. The molecule has 3 nitrogen and oxygen atoms in total. The number of anilines is 3. The zero-order chi connectivity index (χ0) is 36.4. The summed E-state index contributed by atoms with van der Waals surface area (Å²) in [5.41, 5.74) is 14.3. The van der Waals surface area contributed by atoms with E-state index >= 15 is 0 Å². The predicted molar refractivity (Wildman–Crippen MR) is 232 cm³/mol. The number of hydrogen-bond donors (Lipinski definition) is 0. The first kappa shape index (κ1) is 30.8. The van der Waals surface area contributed by atoms with E-state index in [-0.39, 0.29) is 5.41 Å². The molecule has 0 radical (unpaired) electrons. The molecule has 1 aliphatic rings. The van der Waals surface area contributed by atoms with Crippen molar-refractivity contribution in [2.24, 2.45) is 0 Å². The maximum Gasteiger partial charge on any atom is 0.137 e. The molecule has 4 heteroatoms. The van der Waals surface area contributed by atoms with Gasteiger partial charge in [0.2, 0.25) is 0 Å². The van der Waals surface area contributed by atoms with E-state index in [9.17, 15) is 0 Å². The summed E-state index contributed by atoms with van der Waals surface area (Å²) in [7, 11) is 0. The number of thiophene rings is 1. The van der Waals surface area contributed by atoms with Crippen LogP contribution in [0.3, 0.4) is 0 Å². The molecule has 0 saturated carbocycles. The van der Waals surface area contributed by atoms with Gasteiger partial charge in [0.05, 0.1) is 0 Å². The van der Waals surface area contributed by atoms with E-state index in [0.29, 0.717) is 0 Å². The minimum absolute atomic E-state index is 0.116. The highest BCUT2D eigenvalue weighted by Gasteiger charge is 2.35. The second-order valence-electron chi connectivity index (χ2n) is 15.3. The zero-order valence-corrected chi connectivity index (χ0v) is 31.1. The number of rotatable bonds is 4. The van der Waals surface area contributed by atoms with Gasteiger partial charge >= 0.3 is 0 Å². The summed E-state index contributed by atoms with van der Waals surface area (Å²) in [4.78, 5) is 2.39. The van der Waals surface area contributed by atoms with E-state index in [4.69, 9.17) is 8.83 Å². The van der Waals surface area contributed by atoms with E-state index in [1.54, 1.807) is 0 Å². The SMILES string of the molecule is CC1(C)c2ccccc2-c2ccc(N(c3ccc4c(c3)oc3cc5c(cc34)oc3ccc(-c4ccccc4)cc35)c3ccc4c(c3)sc3ccccc34)cc21. The van der Waals surface area contributed by atoms with Crippen LogP contribution in [0.25, 0.3) is 86.3 Å². The molecule has 0 spiro atoms. The van der Waals surface area contributed by atoms with E-state index in [1.807, 2.05) is 17.4 Å². The van der Waals surface area contributed by atoms with Crippen LogP contribution in [0.15, 0.2) is 173 Å². The average Bonchev–Trinajstić information content (AvgIpc) is 3.94. The summed E-state index contributed by atoms with van der Waals surface area (Å²) in [6.07, 6.45) is 0. The standard InChI is InChI=1S/C51H33NO2S/c1-51(2)43-14-8-6-12-35(43)36-20-17-32(25-44(36)51)52(34-19-22-39-38-13-7-9-15-49(38)55-50(39)27-34)33-18-21-37-41-28-48-42(29-47(41)54-46(37)26-33)40-24-31(16-23-45(40)53-48)30-10-4-3-5-11-30/h3-29H,1-2H3. The third-order valence-corrected chi connectivity index (χ3v) is 13.0. The van der Waals surface area contributed by atoms with Gasteiger partial charge in [-0.15, -0.1) is 11.3 Å². The highest BCUT2D eigenvalue weighted by atomic mass is 32.1. The number of fused-ring (bicyclic) bond motifs is 12. The van der Waals surface area contributed by atoms with Crippen molar-refractivity contribution >= 4 is 92.4 Å². The van der Waals surface area contributed by atoms with Crippen LogP contribution in [0, 0.1) is 0 Å². The minimum atomic E-state index is -0.116. The van der Waals surface area contributed by atoms with Crippen LogP contribution in [0.1, 0.15) is 25.0 Å². The molecule has 55 heavy (non-hydrogen) atoms. The Bertz CT molecular complexity index is 3360. The Hall–Kier alpha value is -6.62. The minimum Gasteiger partial charge on any atom is -0.456 e. The van der Waals surface area contributed by atoms with Gasteiger partial charge in [0.15, 0.2) is 0 Å². The molecule has 0 fully saturated rings. The zero-order valence-electron chi connectivity index (χ0n) is 30.3. The lowest BCUT2D eigenvalue weighted by molar-refractivity contribution is 0.660. The average molecular weight is 724 g/mol. The molecule has 0 atom stereocenters. The fraction of sp³-hybridized carbons (Fsp3) is 0.0588. The largest absolute Gasteiger partial charge is 0.456 e. The van der Waals surface area contributed by atoms with Crippen molar-refractivity contribution < 1.29 is 8.83 Å². The predicted octanol–water partition coefficient (Wildman–Crippen LogP) is 15.3. The molecule has 0 N–H and O–H groups in total. The van der Waals surface area contributed by atoms with Gasteiger partial charge in [-0.2, -0.15) is 0 Å². The van der Waals surface area contributed by atoms with Crippen LogP contribution in [0.2, 0.25) is 0 Å². The monoisotopic (exact) mass is 723 g/mol. The molecule has 1 aliphatic carbocycles. The normalized spacial score (nSPS) is 13.4. The summed E-state index contributed by atoms with van der Waals surface area (Å²) in [5.74, 6) is 0. The Kier molecular flexibility index (Phi) is 6.27. The highest BCUT2D eigenvalue weighted by Crippen LogP contribution is 2.51. The van der Waals surface area contributed by atoms with Crippen molar-refractivity contribution in [2.45, 2.75) is 19.3 Å². The van der Waals surface area contributed by atoms with Crippen molar-refractivity contribution in [3.8, 4) is 22.3 Å². The molecule has 8 aromatic carbocycles. The Morgan fingerprint density at radius 1 is 0.400 bits per heavy atom. The van der Waals surface area contributed by atoms with Gasteiger partial charge in [-0.3, -0.25) is 0 Å². The van der Waals surface area contributed by atoms with Crippen LogP contribution >= 0.6 is 11.3 Å².